The summed E-state index contributed by atoms with van der Waals surface area (Å²) in [5, 5.41) is 4.55. The molecular formula is C18H19FN2O5. The minimum atomic E-state index is -1.19. The van der Waals surface area contributed by atoms with E-state index in [4.69, 9.17) is 9.15 Å². The monoisotopic (exact) mass is 362 g/mol. The van der Waals surface area contributed by atoms with Crippen molar-refractivity contribution >= 4 is 17.9 Å². The number of ether oxygens (including phenoxy) is 1. The summed E-state index contributed by atoms with van der Waals surface area (Å²) in [5.41, 5.74) is 0.585. The Hall–Kier alpha value is -3.16. The second kappa shape index (κ2) is 8.28. The fourth-order valence-electron chi connectivity index (χ4n) is 2.00. The van der Waals surface area contributed by atoms with Crippen molar-refractivity contribution in [1.29, 1.82) is 0 Å². The van der Waals surface area contributed by atoms with Gasteiger partial charge in [-0.2, -0.15) is 0 Å². The van der Waals surface area contributed by atoms with Gasteiger partial charge in [-0.3, -0.25) is 10.1 Å². The van der Waals surface area contributed by atoms with Crippen molar-refractivity contribution in [3.63, 3.8) is 0 Å². The van der Waals surface area contributed by atoms with Crippen LogP contribution in [0.5, 0.6) is 0 Å². The van der Waals surface area contributed by atoms with Crippen LogP contribution in [-0.4, -0.2) is 30.1 Å². The van der Waals surface area contributed by atoms with E-state index in [-0.39, 0.29) is 17.6 Å². The van der Waals surface area contributed by atoms with Crippen LogP contribution in [0.25, 0.3) is 11.3 Å². The average molecular weight is 362 g/mol. The highest BCUT2D eigenvalue weighted by Crippen LogP contribution is 2.23. The molecule has 2 aromatic rings. The van der Waals surface area contributed by atoms with Gasteiger partial charge < -0.3 is 14.5 Å². The van der Waals surface area contributed by atoms with Crippen molar-refractivity contribution < 1.29 is 27.9 Å². The maximum absolute atomic E-state index is 12.9. The molecule has 8 heteroatoms. The number of rotatable bonds is 5. The molecule has 0 fully saturated rings. The normalized spacial score (nSPS) is 11.7. The van der Waals surface area contributed by atoms with Crippen LogP contribution in [0, 0.1) is 5.82 Å². The number of halogens is 1. The number of hydrogen-bond donors (Lipinski definition) is 2. The molecule has 0 spiro atoms. The van der Waals surface area contributed by atoms with Crippen molar-refractivity contribution in [3.05, 3.63) is 48.0 Å². The number of benzene rings is 1. The quantitative estimate of drug-likeness (QED) is 0.797. The third-order valence-corrected chi connectivity index (χ3v) is 3.25. The van der Waals surface area contributed by atoms with Crippen molar-refractivity contribution in [1.82, 2.24) is 10.6 Å². The van der Waals surface area contributed by atoms with Crippen LogP contribution in [-0.2, 0) is 9.53 Å². The first-order chi connectivity index (χ1) is 12.3. The topological polar surface area (TPSA) is 97.6 Å². The molecule has 0 unspecified atom stereocenters. The first kappa shape index (κ1) is 19.2. The van der Waals surface area contributed by atoms with E-state index in [1.165, 1.54) is 43.3 Å². The van der Waals surface area contributed by atoms with Crippen molar-refractivity contribution in [2.45, 2.75) is 32.9 Å². The largest absolute Gasteiger partial charge is 0.449 e. The standard InChI is InChI=1S/C18H19FN2O5/c1-10(2)20-18(24)21-16(22)11(3)25-17(23)15-9-8-14(26-15)12-4-6-13(19)7-5-12/h4-11H,1-3H3,(H2,20,21,22,24)/t11-/m0/s1. The molecule has 0 saturated carbocycles. The van der Waals surface area contributed by atoms with Crippen molar-refractivity contribution in [2.24, 2.45) is 0 Å². The van der Waals surface area contributed by atoms with Gasteiger partial charge in [0.1, 0.15) is 11.6 Å². The number of carbonyl (C=O) groups excluding carboxylic acids is 3. The summed E-state index contributed by atoms with van der Waals surface area (Å²) in [5.74, 6) is -1.77. The number of esters is 1. The molecule has 1 heterocycles. The Morgan fingerprint density at radius 2 is 1.69 bits per heavy atom. The van der Waals surface area contributed by atoms with Crippen molar-refractivity contribution in [3.8, 4) is 11.3 Å². The lowest BCUT2D eigenvalue weighted by molar-refractivity contribution is -0.128. The fourth-order valence-corrected chi connectivity index (χ4v) is 2.00. The van der Waals surface area contributed by atoms with Crippen LogP contribution in [0.15, 0.2) is 40.8 Å². The zero-order chi connectivity index (χ0) is 19.3. The van der Waals surface area contributed by atoms with Crippen LogP contribution >= 0.6 is 0 Å². The van der Waals surface area contributed by atoms with Gasteiger partial charge in [-0.05, 0) is 57.2 Å². The number of furan rings is 1. The molecule has 1 aromatic carbocycles. The highest BCUT2D eigenvalue weighted by atomic mass is 19.1. The SMILES string of the molecule is CC(C)NC(=O)NC(=O)[C@H](C)OC(=O)c1ccc(-c2ccc(F)cc2)o1. The number of amides is 3. The molecule has 1 aromatic heterocycles. The molecule has 0 radical (unpaired) electrons. The molecule has 0 bridgehead atoms. The molecule has 0 aliphatic carbocycles. The van der Waals surface area contributed by atoms with Gasteiger partial charge >= 0.3 is 12.0 Å². The summed E-state index contributed by atoms with van der Waals surface area (Å²) in [6.07, 6.45) is -1.19. The van der Waals surface area contributed by atoms with E-state index < -0.39 is 24.0 Å². The molecule has 2 rings (SSSR count). The molecule has 26 heavy (non-hydrogen) atoms. The smallest absolute Gasteiger partial charge is 0.375 e. The van der Waals surface area contributed by atoms with Crippen LogP contribution in [0.2, 0.25) is 0 Å². The molecule has 0 aliphatic rings. The predicted octanol–water partition coefficient (Wildman–Crippen LogP) is 2.87. The van der Waals surface area contributed by atoms with Crippen LogP contribution in [0.3, 0.4) is 0 Å². The summed E-state index contributed by atoms with van der Waals surface area (Å²) >= 11 is 0. The highest BCUT2D eigenvalue weighted by molar-refractivity contribution is 5.98. The van der Waals surface area contributed by atoms with Gasteiger partial charge in [0, 0.05) is 11.6 Å². The second-order valence-corrected chi connectivity index (χ2v) is 5.84. The molecule has 0 saturated heterocycles. The molecule has 2 N–H and O–H groups in total. The molecular weight excluding hydrogens is 343 g/mol. The average Bonchev–Trinajstić information content (AvgIpc) is 3.04. The lowest BCUT2D eigenvalue weighted by Crippen LogP contribution is -2.46. The second-order valence-electron chi connectivity index (χ2n) is 5.84. The zero-order valence-electron chi connectivity index (χ0n) is 14.5. The summed E-state index contributed by atoms with van der Waals surface area (Å²) < 4.78 is 23.3. The predicted molar refractivity (Wildman–Crippen MR) is 90.8 cm³/mol. The van der Waals surface area contributed by atoms with Gasteiger partial charge in [-0.15, -0.1) is 0 Å². The number of imide groups is 1. The summed E-state index contributed by atoms with van der Waals surface area (Å²) in [6, 6.07) is 7.65. The molecule has 3 amide bonds. The van der Waals surface area contributed by atoms with Gasteiger partial charge in [0.15, 0.2) is 6.10 Å². The van der Waals surface area contributed by atoms with Crippen molar-refractivity contribution in [2.75, 3.05) is 0 Å². The summed E-state index contributed by atoms with van der Waals surface area (Å²) in [7, 11) is 0. The zero-order valence-corrected chi connectivity index (χ0v) is 14.5. The molecule has 7 nitrogen and oxygen atoms in total. The Morgan fingerprint density at radius 3 is 2.31 bits per heavy atom. The molecule has 138 valence electrons. The van der Waals surface area contributed by atoms with Gasteiger partial charge in [0.25, 0.3) is 5.91 Å². The lowest BCUT2D eigenvalue weighted by atomic mass is 10.2. The molecule has 0 aliphatic heterocycles. The Balaban J connectivity index is 1.96. The third-order valence-electron chi connectivity index (χ3n) is 3.25. The highest BCUT2D eigenvalue weighted by Gasteiger charge is 2.23. The van der Waals surface area contributed by atoms with Crippen LogP contribution in [0.1, 0.15) is 31.3 Å². The minimum absolute atomic E-state index is 0.115. The minimum Gasteiger partial charge on any atom is -0.449 e. The fraction of sp³-hybridized carbons (Fsp3) is 0.278. The van der Waals surface area contributed by atoms with Crippen LogP contribution < -0.4 is 10.6 Å². The first-order valence-electron chi connectivity index (χ1n) is 7.94. The molecule has 1 atom stereocenters. The van der Waals surface area contributed by atoms with E-state index in [9.17, 15) is 18.8 Å². The van der Waals surface area contributed by atoms with E-state index >= 15 is 0 Å². The Bertz CT molecular complexity index is 798. The number of nitrogens with one attached hydrogen (secondary N) is 2. The van der Waals surface area contributed by atoms with Gasteiger partial charge in [-0.25, -0.2) is 14.0 Å². The van der Waals surface area contributed by atoms with E-state index in [0.717, 1.165) is 0 Å². The van der Waals surface area contributed by atoms with E-state index in [2.05, 4.69) is 10.6 Å². The van der Waals surface area contributed by atoms with Gasteiger partial charge in [-0.1, -0.05) is 0 Å². The Labute approximate surface area is 149 Å². The third kappa shape index (κ3) is 5.17. The maximum atomic E-state index is 12.9. The van der Waals surface area contributed by atoms with Crippen LogP contribution in [0.4, 0.5) is 9.18 Å². The lowest BCUT2D eigenvalue weighted by Gasteiger charge is -2.13. The maximum Gasteiger partial charge on any atom is 0.375 e. The van der Waals surface area contributed by atoms with E-state index in [1.54, 1.807) is 13.8 Å². The first-order valence-corrected chi connectivity index (χ1v) is 7.94. The summed E-state index contributed by atoms with van der Waals surface area (Å²) in [6.45, 7) is 4.81. The van der Waals surface area contributed by atoms with E-state index in [0.29, 0.717) is 11.3 Å². The van der Waals surface area contributed by atoms with Gasteiger partial charge in [0.05, 0.1) is 0 Å². The number of hydrogen-bond acceptors (Lipinski definition) is 5. The van der Waals surface area contributed by atoms with E-state index in [1.807, 2.05) is 0 Å². The number of urea groups is 1. The Kier molecular flexibility index (Phi) is 6.11. The number of carbonyl (C=O) groups is 3. The summed E-state index contributed by atoms with van der Waals surface area (Å²) in [4.78, 5) is 35.4. The van der Waals surface area contributed by atoms with Gasteiger partial charge in [0.2, 0.25) is 5.76 Å². The Morgan fingerprint density at radius 1 is 1.04 bits per heavy atom.